The highest BCUT2D eigenvalue weighted by molar-refractivity contribution is 5.95. The molecule has 0 bridgehead atoms. The zero-order valence-electron chi connectivity index (χ0n) is 16.8. The van der Waals surface area contributed by atoms with Crippen molar-refractivity contribution in [2.45, 2.75) is 12.8 Å². The predicted molar refractivity (Wildman–Crippen MR) is 113 cm³/mol. The van der Waals surface area contributed by atoms with Crippen molar-refractivity contribution in [1.29, 1.82) is 0 Å². The van der Waals surface area contributed by atoms with Crippen molar-refractivity contribution in [3.05, 3.63) is 60.2 Å². The average molecular weight is 394 g/mol. The maximum atomic E-state index is 12.7. The second-order valence-electron chi connectivity index (χ2n) is 6.92. The molecule has 6 nitrogen and oxygen atoms in total. The summed E-state index contributed by atoms with van der Waals surface area (Å²) >= 11 is 0. The average Bonchev–Trinajstić information content (AvgIpc) is 2.78. The smallest absolute Gasteiger partial charge is 0.246 e. The lowest BCUT2D eigenvalue weighted by Gasteiger charge is -2.31. The zero-order chi connectivity index (χ0) is 20.6. The molecule has 0 radical (unpaired) electrons. The Morgan fingerprint density at radius 2 is 1.90 bits per heavy atom. The minimum atomic E-state index is -0.211. The minimum absolute atomic E-state index is 0.0468. The number of methoxy groups -OCH3 is 2. The molecule has 6 heteroatoms. The summed E-state index contributed by atoms with van der Waals surface area (Å²) < 4.78 is 10.6. The number of ether oxygens (including phenoxy) is 2. The Labute approximate surface area is 171 Å². The third kappa shape index (κ3) is 5.38. The Kier molecular flexibility index (Phi) is 6.89. The van der Waals surface area contributed by atoms with E-state index in [0.717, 1.165) is 24.1 Å². The number of para-hydroxylation sites is 1. The molecule has 2 aromatic carbocycles. The first-order chi connectivity index (χ1) is 14.1. The number of hydrogen-bond acceptors (Lipinski definition) is 4. The first-order valence-electron chi connectivity index (χ1n) is 9.65. The second kappa shape index (κ2) is 9.78. The van der Waals surface area contributed by atoms with Crippen LogP contribution in [0.3, 0.4) is 0 Å². The summed E-state index contributed by atoms with van der Waals surface area (Å²) in [6.07, 6.45) is 4.84. The molecule has 1 saturated heterocycles. The highest BCUT2D eigenvalue weighted by atomic mass is 16.5. The number of carbonyl (C=O) groups is 2. The van der Waals surface area contributed by atoms with Gasteiger partial charge in [-0.25, -0.2) is 0 Å². The van der Waals surface area contributed by atoms with E-state index in [0.29, 0.717) is 24.6 Å². The topological polar surface area (TPSA) is 67.9 Å². The molecule has 2 amide bonds. The maximum Gasteiger partial charge on any atom is 0.246 e. The SMILES string of the molecule is COc1ccc(/C=C/C(=O)N2CCC[C@@H](C(=O)Nc3ccccc3)C2)c(OC)c1. The maximum absolute atomic E-state index is 12.7. The highest BCUT2D eigenvalue weighted by Gasteiger charge is 2.27. The van der Waals surface area contributed by atoms with Crippen LogP contribution in [0, 0.1) is 5.92 Å². The predicted octanol–water partition coefficient (Wildman–Crippen LogP) is 3.59. The van der Waals surface area contributed by atoms with E-state index in [9.17, 15) is 9.59 Å². The van der Waals surface area contributed by atoms with Crippen LogP contribution < -0.4 is 14.8 Å². The standard InChI is InChI=1S/C23H26N2O4/c1-28-20-12-10-17(21(15-20)29-2)11-13-22(26)25-14-6-7-18(16-25)23(27)24-19-8-4-3-5-9-19/h3-5,8-13,15,18H,6-7,14,16H2,1-2H3,(H,24,27)/b13-11+/t18-/m1/s1. The molecule has 1 N–H and O–H groups in total. The second-order valence-corrected chi connectivity index (χ2v) is 6.92. The molecule has 0 aromatic heterocycles. The number of amides is 2. The number of anilines is 1. The summed E-state index contributed by atoms with van der Waals surface area (Å²) in [5.41, 5.74) is 1.56. The van der Waals surface area contributed by atoms with E-state index in [1.165, 1.54) is 6.08 Å². The lowest BCUT2D eigenvalue weighted by Crippen LogP contribution is -2.43. The summed E-state index contributed by atoms with van der Waals surface area (Å²) in [6.45, 7) is 1.07. The molecule has 1 heterocycles. The fourth-order valence-electron chi connectivity index (χ4n) is 3.38. The van der Waals surface area contributed by atoms with Crippen molar-refractivity contribution in [3.8, 4) is 11.5 Å². The molecule has 1 aliphatic rings. The summed E-state index contributed by atoms with van der Waals surface area (Å²) in [4.78, 5) is 27.0. The van der Waals surface area contributed by atoms with Crippen molar-refractivity contribution in [2.24, 2.45) is 5.92 Å². The Bertz CT molecular complexity index is 880. The molecule has 1 atom stereocenters. The van der Waals surface area contributed by atoms with Crippen LogP contribution in [-0.2, 0) is 9.59 Å². The normalized spacial score (nSPS) is 16.5. The molecule has 3 rings (SSSR count). The van der Waals surface area contributed by atoms with E-state index < -0.39 is 0 Å². The van der Waals surface area contributed by atoms with E-state index in [2.05, 4.69) is 5.32 Å². The van der Waals surface area contributed by atoms with Gasteiger partial charge in [-0.2, -0.15) is 0 Å². The van der Waals surface area contributed by atoms with Crippen LogP contribution in [0.5, 0.6) is 11.5 Å². The van der Waals surface area contributed by atoms with Gasteiger partial charge >= 0.3 is 0 Å². The van der Waals surface area contributed by atoms with Crippen LogP contribution in [0.25, 0.3) is 6.08 Å². The number of nitrogens with one attached hydrogen (secondary N) is 1. The third-order valence-electron chi connectivity index (χ3n) is 4.99. The number of likely N-dealkylation sites (tertiary alicyclic amines) is 1. The van der Waals surface area contributed by atoms with E-state index in [-0.39, 0.29) is 17.7 Å². The van der Waals surface area contributed by atoms with Gasteiger partial charge < -0.3 is 19.7 Å². The number of benzene rings is 2. The van der Waals surface area contributed by atoms with Gasteiger partial charge in [0.1, 0.15) is 11.5 Å². The summed E-state index contributed by atoms with van der Waals surface area (Å²) in [5.74, 6) is 0.951. The molecule has 0 aliphatic carbocycles. The van der Waals surface area contributed by atoms with Crippen molar-refractivity contribution in [2.75, 3.05) is 32.6 Å². The van der Waals surface area contributed by atoms with Gasteiger partial charge in [0.25, 0.3) is 0 Å². The fraction of sp³-hybridized carbons (Fsp3) is 0.304. The molecule has 0 unspecified atom stereocenters. The quantitative estimate of drug-likeness (QED) is 0.761. The highest BCUT2D eigenvalue weighted by Crippen LogP contribution is 2.26. The zero-order valence-corrected chi connectivity index (χ0v) is 16.8. The van der Waals surface area contributed by atoms with Crippen LogP contribution in [0.2, 0.25) is 0 Å². The molecule has 2 aromatic rings. The van der Waals surface area contributed by atoms with Gasteiger partial charge in [0.2, 0.25) is 11.8 Å². The largest absolute Gasteiger partial charge is 0.497 e. The van der Waals surface area contributed by atoms with Gasteiger partial charge in [0.05, 0.1) is 20.1 Å². The molecule has 29 heavy (non-hydrogen) atoms. The molecule has 1 aliphatic heterocycles. The van der Waals surface area contributed by atoms with Crippen LogP contribution in [0.4, 0.5) is 5.69 Å². The Morgan fingerprint density at radius 1 is 1.10 bits per heavy atom. The van der Waals surface area contributed by atoms with E-state index in [1.54, 1.807) is 31.3 Å². The van der Waals surface area contributed by atoms with E-state index in [1.807, 2.05) is 42.5 Å². The monoisotopic (exact) mass is 394 g/mol. The summed E-state index contributed by atoms with van der Waals surface area (Å²) in [6, 6.07) is 14.8. The van der Waals surface area contributed by atoms with Gasteiger partial charge in [-0.15, -0.1) is 0 Å². The fourth-order valence-corrected chi connectivity index (χ4v) is 3.38. The lowest BCUT2D eigenvalue weighted by atomic mass is 9.97. The number of carbonyl (C=O) groups excluding carboxylic acids is 2. The molecular weight excluding hydrogens is 368 g/mol. The van der Waals surface area contributed by atoms with Crippen LogP contribution >= 0.6 is 0 Å². The number of rotatable bonds is 6. The summed E-state index contributed by atoms with van der Waals surface area (Å²) in [7, 11) is 3.17. The molecular formula is C23H26N2O4. The summed E-state index contributed by atoms with van der Waals surface area (Å²) in [5, 5.41) is 2.93. The van der Waals surface area contributed by atoms with Gasteiger partial charge in [0, 0.05) is 36.5 Å². The Balaban J connectivity index is 1.62. The van der Waals surface area contributed by atoms with Gasteiger partial charge in [0.15, 0.2) is 0 Å². The lowest BCUT2D eigenvalue weighted by molar-refractivity contribution is -0.130. The Hall–Kier alpha value is -3.28. The molecule has 1 fully saturated rings. The van der Waals surface area contributed by atoms with Crippen LogP contribution in [-0.4, -0.2) is 44.0 Å². The third-order valence-corrected chi connectivity index (χ3v) is 4.99. The first kappa shape index (κ1) is 20.5. The number of nitrogens with zero attached hydrogens (tertiary/aromatic N) is 1. The van der Waals surface area contributed by atoms with Crippen LogP contribution in [0.15, 0.2) is 54.6 Å². The van der Waals surface area contributed by atoms with Crippen LogP contribution in [0.1, 0.15) is 18.4 Å². The van der Waals surface area contributed by atoms with Crippen molar-refractivity contribution < 1.29 is 19.1 Å². The van der Waals surface area contributed by atoms with Crippen molar-refractivity contribution >= 4 is 23.6 Å². The first-order valence-corrected chi connectivity index (χ1v) is 9.65. The molecule has 0 saturated carbocycles. The van der Waals surface area contributed by atoms with Crippen molar-refractivity contribution in [3.63, 3.8) is 0 Å². The van der Waals surface area contributed by atoms with E-state index in [4.69, 9.17) is 9.47 Å². The number of hydrogen-bond donors (Lipinski definition) is 1. The number of piperidine rings is 1. The van der Waals surface area contributed by atoms with Gasteiger partial charge in [-0.05, 0) is 43.2 Å². The van der Waals surface area contributed by atoms with Crippen molar-refractivity contribution in [1.82, 2.24) is 4.90 Å². The van der Waals surface area contributed by atoms with Gasteiger partial charge in [-0.1, -0.05) is 18.2 Å². The molecule has 152 valence electrons. The Morgan fingerprint density at radius 3 is 2.62 bits per heavy atom. The van der Waals surface area contributed by atoms with Gasteiger partial charge in [-0.3, -0.25) is 9.59 Å². The minimum Gasteiger partial charge on any atom is -0.497 e. The molecule has 0 spiro atoms. The van der Waals surface area contributed by atoms with E-state index >= 15 is 0 Å².